The monoisotopic (exact) mass is 454 g/mol. The van der Waals surface area contributed by atoms with Gasteiger partial charge in [0.2, 0.25) is 0 Å². The van der Waals surface area contributed by atoms with Crippen molar-refractivity contribution >= 4 is 73.3 Å². The molecule has 0 saturated carbocycles. The number of hydrogen-bond acceptors (Lipinski definition) is 8. The summed E-state index contributed by atoms with van der Waals surface area (Å²) in [6, 6.07) is 6.50. The van der Waals surface area contributed by atoms with Crippen molar-refractivity contribution < 1.29 is 35.8 Å². The Bertz CT molecular complexity index is 1220. The van der Waals surface area contributed by atoms with E-state index in [-0.39, 0.29) is 35.1 Å². The van der Waals surface area contributed by atoms with Crippen LogP contribution in [0.15, 0.2) is 46.2 Å². The second kappa shape index (κ2) is 9.08. The summed E-state index contributed by atoms with van der Waals surface area (Å²) in [4.78, 5) is 17.8. The molecular weight excluding hydrogens is 443 g/mol. The molecule has 0 spiro atoms. The third-order valence-corrected chi connectivity index (χ3v) is 5.29. The first-order chi connectivity index (χ1) is 12.8. The van der Waals surface area contributed by atoms with E-state index >= 15 is 0 Å². The standard InChI is InChI=1S/C14H10N2O10S2.Na.H/c17-15(18)11-8-7-10(14(28(24,25)26)13(11)16(19)20)6-5-9-3-1-2-4-12(9)27(21,22)23;;/h1-8H,(H,21,22,23)(H,24,25,26);;. The predicted molar refractivity (Wildman–Crippen MR) is 102 cm³/mol. The normalized spacial score (nSPS) is 11.8. The fourth-order valence-electron chi connectivity index (χ4n) is 2.34. The molecule has 2 N–H and O–H groups in total. The Labute approximate surface area is 186 Å². The van der Waals surface area contributed by atoms with Gasteiger partial charge in [0.25, 0.3) is 10.1 Å². The molecule has 0 aromatic heterocycles. The van der Waals surface area contributed by atoms with Crippen LogP contribution in [0.4, 0.5) is 11.4 Å². The van der Waals surface area contributed by atoms with Crippen molar-refractivity contribution in [3.05, 3.63) is 67.8 Å². The zero-order chi connectivity index (χ0) is 21.3. The van der Waals surface area contributed by atoms with Crippen molar-refractivity contribution in [1.82, 2.24) is 0 Å². The van der Waals surface area contributed by atoms with Crippen LogP contribution in [0.2, 0.25) is 0 Å². The van der Waals surface area contributed by atoms with Crippen LogP contribution in [0.1, 0.15) is 11.1 Å². The van der Waals surface area contributed by atoms with Crippen LogP contribution in [-0.2, 0) is 20.2 Å². The van der Waals surface area contributed by atoms with Gasteiger partial charge in [-0.2, -0.15) is 16.8 Å². The molecule has 0 aliphatic heterocycles. The van der Waals surface area contributed by atoms with E-state index in [2.05, 4.69) is 0 Å². The van der Waals surface area contributed by atoms with Crippen molar-refractivity contribution in [2.24, 2.45) is 0 Å². The first-order valence-electron chi connectivity index (χ1n) is 7.02. The molecule has 150 valence electrons. The third-order valence-electron chi connectivity index (χ3n) is 3.42. The summed E-state index contributed by atoms with van der Waals surface area (Å²) in [7, 11) is -9.91. The Balaban J connectivity index is 0.00000420. The summed E-state index contributed by atoms with van der Waals surface area (Å²) in [5.41, 5.74) is -3.22. The predicted octanol–water partition coefficient (Wildman–Crippen LogP) is 1.52. The van der Waals surface area contributed by atoms with Gasteiger partial charge in [-0.15, -0.1) is 0 Å². The van der Waals surface area contributed by atoms with E-state index in [4.69, 9.17) is 0 Å². The third kappa shape index (κ3) is 5.66. The molecule has 0 amide bonds. The summed E-state index contributed by atoms with van der Waals surface area (Å²) in [6.07, 6.45) is 1.90. The van der Waals surface area contributed by atoms with Crippen molar-refractivity contribution in [1.29, 1.82) is 0 Å². The summed E-state index contributed by atoms with van der Waals surface area (Å²) in [6.45, 7) is 0. The van der Waals surface area contributed by atoms with Crippen LogP contribution in [0.25, 0.3) is 12.2 Å². The minimum atomic E-state index is -5.27. The SMILES string of the molecule is O=[N+]([O-])c1ccc(C=Cc2ccccc2S(=O)(=O)O)c(S(=O)(=O)O)c1[N+](=O)[O-].[NaH]. The van der Waals surface area contributed by atoms with Gasteiger partial charge in [0.1, 0.15) is 4.90 Å². The van der Waals surface area contributed by atoms with Gasteiger partial charge in [0.15, 0.2) is 4.90 Å². The summed E-state index contributed by atoms with van der Waals surface area (Å²) < 4.78 is 64.6. The Morgan fingerprint density at radius 2 is 1.34 bits per heavy atom. The number of rotatable bonds is 6. The van der Waals surface area contributed by atoms with Gasteiger partial charge in [-0.25, -0.2) is 0 Å². The molecular formula is C14H11N2NaO10S2. The van der Waals surface area contributed by atoms with Crippen molar-refractivity contribution in [3.8, 4) is 0 Å². The zero-order valence-corrected chi connectivity index (χ0v) is 15.1. The van der Waals surface area contributed by atoms with Crippen molar-refractivity contribution in [2.75, 3.05) is 0 Å². The molecule has 0 bridgehead atoms. The summed E-state index contributed by atoms with van der Waals surface area (Å²) >= 11 is 0. The quantitative estimate of drug-likeness (QED) is 0.212. The maximum absolute atomic E-state index is 11.7. The molecule has 0 heterocycles. The van der Waals surface area contributed by atoms with Gasteiger partial charge < -0.3 is 0 Å². The molecule has 0 unspecified atom stereocenters. The van der Waals surface area contributed by atoms with E-state index in [1.807, 2.05) is 0 Å². The average molecular weight is 454 g/mol. The Morgan fingerprint density at radius 3 is 1.83 bits per heavy atom. The molecule has 0 radical (unpaired) electrons. The molecule has 0 fully saturated rings. The fourth-order valence-corrected chi connectivity index (χ4v) is 3.88. The molecule has 2 rings (SSSR count). The van der Waals surface area contributed by atoms with Gasteiger partial charge in [-0.05, 0) is 17.7 Å². The summed E-state index contributed by atoms with van der Waals surface area (Å²) in [5, 5.41) is 22.2. The number of hydrogen-bond donors (Lipinski definition) is 2. The summed E-state index contributed by atoms with van der Waals surface area (Å²) in [5.74, 6) is 0. The molecule has 0 aliphatic carbocycles. The first kappa shape index (κ1) is 24.8. The topological polar surface area (TPSA) is 195 Å². The van der Waals surface area contributed by atoms with Crippen molar-refractivity contribution in [3.63, 3.8) is 0 Å². The molecule has 2 aromatic carbocycles. The molecule has 0 atom stereocenters. The Hall–Kier alpha value is -2.20. The number of nitrogens with zero attached hydrogens (tertiary/aromatic N) is 2. The molecule has 12 nitrogen and oxygen atoms in total. The van der Waals surface area contributed by atoms with Crippen LogP contribution < -0.4 is 0 Å². The van der Waals surface area contributed by atoms with E-state index in [0.29, 0.717) is 6.07 Å². The number of nitro groups is 2. The van der Waals surface area contributed by atoms with Crippen LogP contribution in [0.5, 0.6) is 0 Å². The van der Waals surface area contributed by atoms with Crippen LogP contribution >= 0.6 is 0 Å². The Morgan fingerprint density at radius 1 is 0.793 bits per heavy atom. The minimum absolute atomic E-state index is 0. The number of benzene rings is 2. The Kier molecular flexibility index (Phi) is 7.78. The first-order valence-corrected chi connectivity index (χ1v) is 9.90. The van der Waals surface area contributed by atoms with Crippen LogP contribution in [0, 0.1) is 20.2 Å². The van der Waals surface area contributed by atoms with Crippen LogP contribution in [0.3, 0.4) is 0 Å². The van der Waals surface area contributed by atoms with Gasteiger partial charge in [-0.1, -0.05) is 30.4 Å². The zero-order valence-electron chi connectivity index (χ0n) is 13.5. The fraction of sp³-hybridized carbons (Fsp3) is 0. The molecule has 29 heavy (non-hydrogen) atoms. The van der Waals surface area contributed by atoms with E-state index in [9.17, 15) is 46.2 Å². The molecule has 0 saturated heterocycles. The van der Waals surface area contributed by atoms with E-state index in [1.54, 1.807) is 0 Å². The van der Waals surface area contributed by atoms with Gasteiger partial charge in [0, 0.05) is 11.6 Å². The molecule has 2 aromatic rings. The number of nitro benzene ring substituents is 2. The van der Waals surface area contributed by atoms with E-state index in [1.165, 1.54) is 18.2 Å². The van der Waals surface area contributed by atoms with Crippen LogP contribution in [-0.4, -0.2) is 65.3 Å². The molecule has 15 heteroatoms. The second-order valence-electron chi connectivity index (χ2n) is 5.19. The van der Waals surface area contributed by atoms with E-state index < -0.39 is 56.8 Å². The molecule has 0 aliphatic rings. The average Bonchev–Trinajstić information content (AvgIpc) is 2.57. The van der Waals surface area contributed by atoms with Crippen molar-refractivity contribution in [2.45, 2.75) is 9.79 Å². The second-order valence-corrected chi connectivity index (χ2v) is 7.94. The van der Waals surface area contributed by atoms with Gasteiger partial charge in [0.05, 0.1) is 9.85 Å². The maximum atomic E-state index is 11.7. The van der Waals surface area contributed by atoms with E-state index in [0.717, 1.165) is 24.3 Å². The van der Waals surface area contributed by atoms with Gasteiger partial charge in [-0.3, -0.25) is 29.3 Å². The van der Waals surface area contributed by atoms with Gasteiger partial charge >= 0.3 is 51.1 Å².